The normalized spacial score (nSPS) is 25.2. The lowest BCUT2D eigenvalue weighted by Crippen LogP contribution is -2.37. The van der Waals surface area contributed by atoms with Gasteiger partial charge in [0.1, 0.15) is 0 Å². The van der Waals surface area contributed by atoms with Crippen LogP contribution in [0.5, 0.6) is 0 Å². The van der Waals surface area contributed by atoms with Gasteiger partial charge in [-0.1, -0.05) is 62.9 Å². The van der Waals surface area contributed by atoms with E-state index in [4.69, 9.17) is 5.73 Å². The first-order valence-electron chi connectivity index (χ1n) is 8.10. The molecule has 1 aromatic rings. The van der Waals surface area contributed by atoms with Gasteiger partial charge in [0, 0.05) is 6.04 Å². The molecule has 1 aliphatic rings. The fourth-order valence-corrected chi connectivity index (χ4v) is 3.71. The molecule has 0 radical (unpaired) electrons. The van der Waals surface area contributed by atoms with Crippen molar-refractivity contribution in [1.82, 2.24) is 0 Å². The van der Waals surface area contributed by atoms with Crippen LogP contribution in [0.15, 0.2) is 30.3 Å². The number of aryl methyl sites for hydroxylation is 1. The minimum absolute atomic E-state index is 0.425. The van der Waals surface area contributed by atoms with Crippen LogP contribution in [0.3, 0.4) is 0 Å². The Labute approximate surface area is 118 Å². The highest BCUT2D eigenvalue weighted by molar-refractivity contribution is 5.14. The van der Waals surface area contributed by atoms with Crippen molar-refractivity contribution in [2.45, 2.75) is 64.3 Å². The van der Waals surface area contributed by atoms with Gasteiger partial charge < -0.3 is 5.73 Å². The highest BCUT2D eigenvalue weighted by atomic mass is 14.7. The van der Waals surface area contributed by atoms with E-state index in [9.17, 15) is 0 Å². The zero-order valence-corrected chi connectivity index (χ0v) is 12.4. The monoisotopic (exact) mass is 259 g/mol. The van der Waals surface area contributed by atoms with Crippen molar-refractivity contribution >= 4 is 0 Å². The second-order valence-corrected chi connectivity index (χ2v) is 6.16. The third-order valence-corrected chi connectivity index (χ3v) is 4.89. The molecular weight excluding hydrogens is 230 g/mol. The van der Waals surface area contributed by atoms with Gasteiger partial charge in [-0.05, 0) is 43.1 Å². The van der Waals surface area contributed by atoms with Crippen LogP contribution in [0.2, 0.25) is 0 Å². The lowest BCUT2D eigenvalue weighted by molar-refractivity contribution is 0.189. The van der Waals surface area contributed by atoms with E-state index < -0.39 is 0 Å². The van der Waals surface area contributed by atoms with Gasteiger partial charge in [-0.3, -0.25) is 0 Å². The first kappa shape index (κ1) is 14.6. The van der Waals surface area contributed by atoms with E-state index in [0.29, 0.717) is 6.04 Å². The molecule has 1 aliphatic carbocycles. The van der Waals surface area contributed by atoms with E-state index in [-0.39, 0.29) is 0 Å². The van der Waals surface area contributed by atoms with Crippen LogP contribution < -0.4 is 5.73 Å². The van der Waals surface area contributed by atoms with Crippen LogP contribution in [0, 0.1) is 11.8 Å². The third kappa shape index (κ3) is 4.35. The summed E-state index contributed by atoms with van der Waals surface area (Å²) in [7, 11) is 0. The summed E-state index contributed by atoms with van der Waals surface area (Å²) in [5.74, 6) is 1.68. The van der Waals surface area contributed by atoms with Crippen molar-refractivity contribution < 1.29 is 0 Å². The van der Waals surface area contributed by atoms with Gasteiger partial charge >= 0.3 is 0 Å². The number of hydrogen-bond donors (Lipinski definition) is 1. The quantitative estimate of drug-likeness (QED) is 0.796. The molecule has 0 saturated heterocycles. The maximum atomic E-state index is 6.48. The Morgan fingerprint density at radius 1 is 1.16 bits per heavy atom. The lowest BCUT2D eigenvalue weighted by Gasteiger charge is -2.35. The van der Waals surface area contributed by atoms with Crippen molar-refractivity contribution in [2.24, 2.45) is 17.6 Å². The fraction of sp³-hybridized carbons (Fsp3) is 0.667. The molecule has 19 heavy (non-hydrogen) atoms. The summed E-state index contributed by atoms with van der Waals surface area (Å²) in [6, 6.07) is 11.2. The smallest absolute Gasteiger partial charge is 0.00699 e. The molecule has 0 bridgehead atoms. The molecule has 0 spiro atoms. The van der Waals surface area contributed by atoms with Gasteiger partial charge in [0.05, 0.1) is 0 Å². The average Bonchev–Trinajstić information content (AvgIpc) is 2.48. The minimum Gasteiger partial charge on any atom is -0.327 e. The molecule has 0 amide bonds. The molecule has 3 atom stereocenters. The summed E-state index contributed by atoms with van der Waals surface area (Å²) >= 11 is 0. The highest BCUT2D eigenvalue weighted by Crippen LogP contribution is 2.35. The maximum absolute atomic E-state index is 6.48. The first-order valence-corrected chi connectivity index (χ1v) is 8.10. The Kier molecular flexibility index (Phi) is 5.91. The van der Waals surface area contributed by atoms with E-state index in [0.717, 1.165) is 11.8 Å². The minimum atomic E-state index is 0.425. The average molecular weight is 259 g/mol. The van der Waals surface area contributed by atoms with Crippen molar-refractivity contribution in [1.29, 1.82) is 0 Å². The second kappa shape index (κ2) is 7.69. The van der Waals surface area contributed by atoms with Crippen LogP contribution >= 0.6 is 0 Å². The maximum Gasteiger partial charge on any atom is 0.00699 e. The zero-order valence-electron chi connectivity index (χ0n) is 12.4. The summed E-state index contributed by atoms with van der Waals surface area (Å²) in [5.41, 5.74) is 7.93. The Morgan fingerprint density at radius 2 is 1.89 bits per heavy atom. The molecule has 1 nitrogen and oxygen atoms in total. The molecule has 0 aromatic heterocycles. The van der Waals surface area contributed by atoms with E-state index in [1.807, 2.05) is 0 Å². The summed E-state index contributed by atoms with van der Waals surface area (Å²) in [6.45, 7) is 2.33. The Balaban J connectivity index is 1.75. The molecule has 1 fully saturated rings. The van der Waals surface area contributed by atoms with Crippen LogP contribution in [-0.2, 0) is 6.42 Å². The predicted molar refractivity (Wildman–Crippen MR) is 83.1 cm³/mol. The molecule has 1 saturated carbocycles. The number of nitrogens with two attached hydrogens (primary N) is 1. The van der Waals surface area contributed by atoms with Crippen molar-refractivity contribution in [3.05, 3.63) is 35.9 Å². The van der Waals surface area contributed by atoms with E-state index in [1.54, 1.807) is 0 Å². The van der Waals surface area contributed by atoms with Crippen molar-refractivity contribution in [2.75, 3.05) is 0 Å². The Morgan fingerprint density at radius 3 is 2.63 bits per heavy atom. The number of rotatable bonds is 6. The van der Waals surface area contributed by atoms with E-state index in [2.05, 4.69) is 37.3 Å². The van der Waals surface area contributed by atoms with E-state index >= 15 is 0 Å². The molecule has 1 aromatic carbocycles. The number of hydrogen-bond acceptors (Lipinski definition) is 1. The first-order chi connectivity index (χ1) is 9.31. The largest absolute Gasteiger partial charge is 0.327 e. The molecule has 106 valence electrons. The van der Waals surface area contributed by atoms with Gasteiger partial charge in [-0.15, -0.1) is 0 Å². The van der Waals surface area contributed by atoms with Gasteiger partial charge in [-0.2, -0.15) is 0 Å². The summed E-state index contributed by atoms with van der Waals surface area (Å²) < 4.78 is 0. The molecule has 2 rings (SSSR count). The fourth-order valence-electron chi connectivity index (χ4n) is 3.71. The van der Waals surface area contributed by atoms with Gasteiger partial charge in [0.15, 0.2) is 0 Å². The Hall–Kier alpha value is -0.820. The van der Waals surface area contributed by atoms with Crippen LogP contribution in [-0.4, -0.2) is 6.04 Å². The molecular formula is C18H29N. The summed E-state index contributed by atoms with van der Waals surface area (Å²) in [4.78, 5) is 0. The van der Waals surface area contributed by atoms with Crippen LogP contribution in [0.4, 0.5) is 0 Å². The van der Waals surface area contributed by atoms with Gasteiger partial charge in [0.25, 0.3) is 0 Å². The lowest BCUT2D eigenvalue weighted by atomic mass is 9.73. The third-order valence-electron chi connectivity index (χ3n) is 4.89. The van der Waals surface area contributed by atoms with Crippen LogP contribution in [0.1, 0.15) is 57.4 Å². The summed E-state index contributed by atoms with van der Waals surface area (Å²) in [5, 5.41) is 0. The topological polar surface area (TPSA) is 26.0 Å². The molecule has 2 N–H and O–H groups in total. The SMILES string of the molecule is CCC1CCCCC1C(N)CCCc1ccccc1. The molecule has 0 heterocycles. The standard InChI is InChI=1S/C18H29N/c1-2-16-12-6-7-13-17(16)18(19)14-8-11-15-9-4-3-5-10-15/h3-5,9-10,16-18H,2,6-8,11-14,19H2,1H3. The Bertz CT molecular complexity index is 346. The zero-order chi connectivity index (χ0) is 13.5. The van der Waals surface area contributed by atoms with Crippen molar-refractivity contribution in [3.8, 4) is 0 Å². The molecule has 3 unspecified atom stereocenters. The summed E-state index contributed by atoms with van der Waals surface area (Å²) in [6.07, 6.45) is 10.5. The molecule has 0 aliphatic heterocycles. The van der Waals surface area contributed by atoms with Gasteiger partial charge in [-0.25, -0.2) is 0 Å². The van der Waals surface area contributed by atoms with Gasteiger partial charge in [0.2, 0.25) is 0 Å². The molecule has 1 heteroatoms. The highest BCUT2D eigenvalue weighted by Gasteiger charge is 2.28. The predicted octanol–water partition coefficient (Wildman–Crippen LogP) is 4.55. The second-order valence-electron chi connectivity index (χ2n) is 6.16. The number of benzene rings is 1. The van der Waals surface area contributed by atoms with E-state index in [1.165, 1.54) is 56.9 Å². The van der Waals surface area contributed by atoms with Crippen molar-refractivity contribution in [3.63, 3.8) is 0 Å². The van der Waals surface area contributed by atoms with Crippen LogP contribution in [0.25, 0.3) is 0 Å².